The van der Waals surface area contributed by atoms with Gasteiger partial charge in [0.2, 0.25) is 5.95 Å². The molecule has 1 spiro atoms. The van der Waals surface area contributed by atoms with Gasteiger partial charge in [0.25, 0.3) is 5.91 Å². The summed E-state index contributed by atoms with van der Waals surface area (Å²) in [6.07, 6.45) is 1.67. The van der Waals surface area contributed by atoms with Crippen LogP contribution in [0.2, 0.25) is 5.02 Å². The summed E-state index contributed by atoms with van der Waals surface area (Å²) in [5, 5.41) is 23.8. The van der Waals surface area contributed by atoms with Gasteiger partial charge in [-0.05, 0) is 73.0 Å². The summed E-state index contributed by atoms with van der Waals surface area (Å²) in [6, 6.07) is 29.6. The van der Waals surface area contributed by atoms with Gasteiger partial charge in [-0.25, -0.2) is 9.78 Å². The van der Waals surface area contributed by atoms with Crippen molar-refractivity contribution >= 4 is 40.5 Å². The lowest BCUT2D eigenvalue weighted by atomic mass is 9.77. The molecule has 0 saturated carbocycles. The summed E-state index contributed by atoms with van der Waals surface area (Å²) in [4.78, 5) is 32.0. The van der Waals surface area contributed by atoms with E-state index in [0.717, 1.165) is 18.4 Å². The molecule has 0 saturated heterocycles. The standard InChI is InChI=1S/C37H26ClN3O6/c38-23-9-15-31-30(18-23)39-36(41(31)16-4-7-21-5-2-1-3-6-21)40-34(44)22-8-12-27-26(17-22)35(45)47-37(27)28-13-10-24(42)19-32(28)46-33-20-25(43)11-14-29(33)37/h1-3,5-6,8-15,17-20,42-43H,4,7,16H2,(H,39,40,44). The lowest BCUT2D eigenvalue weighted by molar-refractivity contribution is 0.0224. The molecule has 1 amide bonds. The maximum Gasteiger partial charge on any atom is 0.340 e. The van der Waals surface area contributed by atoms with Crippen LogP contribution in [0.5, 0.6) is 23.0 Å². The number of esters is 1. The number of aryl methyl sites for hydroxylation is 2. The molecule has 0 aliphatic carbocycles. The molecule has 0 fully saturated rings. The number of benzene rings is 5. The van der Waals surface area contributed by atoms with Crippen molar-refractivity contribution < 1.29 is 29.3 Å². The van der Waals surface area contributed by atoms with Crippen LogP contribution in [0.1, 0.15) is 49.4 Å². The van der Waals surface area contributed by atoms with E-state index in [1.807, 2.05) is 28.8 Å². The molecule has 232 valence electrons. The van der Waals surface area contributed by atoms with Crippen LogP contribution in [0.4, 0.5) is 5.95 Å². The molecule has 8 rings (SSSR count). The number of phenols is 2. The maximum absolute atomic E-state index is 13.7. The Morgan fingerprint density at radius 2 is 1.55 bits per heavy atom. The minimum Gasteiger partial charge on any atom is -0.508 e. The molecule has 0 unspecified atom stereocenters. The average molecular weight is 644 g/mol. The minimum atomic E-state index is -1.42. The van der Waals surface area contributed by atoms with E-state index < -0.39 is 17.5 Å². The Hall–Kier alpha value is -5.80. The third-order valence-electron chi connectivity index (χ3n) is 8.66. The lowest BCUT2D eigenvalue weighted by Gasteiger charge is -2.36. The first-order valence-corrected chi connectivity index (χ1v) is 15.4. The van der Waals surface area contributed by atoms with E-state index in [1.54, 1.807) is 36.4 Å². The van der Waals surface area contributed by atoms with Gasteiger partial charge in [0.15, 0.2) is 5.60 Å². The zero-order valence-corrected chi connectivity index (χ0v) is 25.5. The summed E-state index contributed by atoms with van der Waals surface area (Å²) >= 11 is 6.26. The van der Waals surface area contributed by atoms with Crippen LogP contribution in [-0.4, -0.2) is 31.6 Å². The van der Waals surface area contributed by atoms with Crippen molar-refractivity contribution in [3.05, 3.63) is 142 Å². The largest absolute Gasteiger partial charge is 0.508 e. The van der Waals surface area contributed by atoms with Crippen molar-refractivity contribution in [2.75, 3.05) is 5.32 Å². The number of aromatic hydroxyl groups is 2. The van der Waals surface area contributed by atoms with Crippen LogP contribution in [0.25, 0.3) is 11.0 Å². The maximum atomic E-state index is 13.7. The fourth-order valence-electron chi connectivity index (χ4n) is 6.53. The zero-order chi connectivity index (χ0) is 32.3. The molecular weight excluding hydrogens is 618 g/mol. The first-order valence-electron chi connectivity index (χ1n) is 15.0. The highest BCUT2D eigenvalue weighted by atomic mass is 35.5. The van der Waals surface area contributed by atoms with Gasteiger partial charge >= 0.3 is 5.97 Å². The van der Waals surface area contributed by atoms with Crippen LogP contribution >= 0.6 is 11.6 Å². The second kappa shape index (κ2) is 10.9. The molecule has 10 heteroatoms. The number of anilines is 1. The number of nitrogens with one attached hydrogen (secondary N) is 1. The average Bonchev–Trinajstić information content (AvgIpc) is 3.54. The highest BCUT2D eigenvalue weighted by molar-refractivity contribution is 6.31. The number of rotatable bonds is 6. The number of ether oxygens (including phenoxy) is 2. The number of hydrogen-bond donors (Lipinski definition) is 3. The van der Waals surface area contributed by atoms with Gasteiger partial charge in [0.05, 0.1) is 16.6 Å². The van der Waals surface area contributed by atoms with Crippen molar-refractivity contribution in [3.8, 4) is 23.0 Å². The van der Waals surface area contributed by atoms with Crippen molar-refractivity contribution in [3.63, 3.8) is 0 Å². The van der Waals surface area contributed by atoms with Gasteiger partial charge in [-0.2, -0.15) is 0 Å². The molecule has 0 atom stereocenters. The lowest BCUT2D eigenvalue weighted by Crippen LogP contribution is -2.32. The molecule has 0 radical (unpaired) electrons. The molecule has 47 heavy (non-hydrogen) atoms. The van der Waals surface area contributed by atoms with Crippen molar-refractivity contribution in [1.82, 2.24) is 9.55 Å². The Bertz CT molecular complexity index is 2200. The van der Waals surface area contributed by atoms with Crippen molar-refractivity contribution in [2.24, 2.45) is 0 Å². The summed E-state index contributed by atoms with van der Waals surface area (Å²) < 4.78 is 14.1. The number of imidazole rings is 1. The van der Waals surface area contributed by atoms with Crippen molar-refractivity contribution in [2.45, 2.75) is 25.0 Å². The van der Waals surface area contributed by atoms with E-state index in [2.05, 4.69) is 22.4 Å². The van der Waals surface area contributed by atoms with E-state index in [0.29, 0.717) is 39.7 Å². The van der Waals surface area contributed by atoms with Gasteiger partial charge in [0, 0.05) is 46.0 Å². The number of hydrogen-bond acceptors (Lipinski definition) is 7. The first-order chi connectivity index (χ1) is 22.8. The van der Waals surface area contributed by atoms with E-state index in [1.165, 1.54) is 35.9 Å². The van der Waals surface area contributed by atoms with Gasteiger partial charge in [-0.15, -0.1) is 0 Å². The van der Waals surface area contributed by atoms with E-state index in [9.17, 15) is 19.8 Å². The number of carbonyl (C=O) groups excluding carboxylic acids is 2. The van der Waals surface area contributed by atoms with Gasteiger partial charge < -0.3 is 24.3 Å². The second-order valence-electron chi connectivity index (χ2n) is 11.6. The summed E-state index contributed by atoms with van der Waals surface area (Å²) in [5.41, 5.74) is 3.25. The number of fused-ring (bicyclic) bond motifs is 7. The predicted octanol–water partition coefficient (Wildman–Crippen LogP) is 7.55. The smallest absolute Gasteiger partial charge is 0.340 e. The van der Waals surface area contributed by atoms with Crippen LogP contribution in [0, 0.1) is 0 Å². The highest BCUT2D eigenvalue weighted by Crippen LogP contribution is 2.57. The summed E-state index contributed by atoms with van der Waals surface area (Å²) in [5.74, 6) is -0.229. The van der Waals surface area contributed by atoms with Crippen molar-refractivity contribution in [1.29, 1.82) is 0 Å². The Kier molecular flexibility index (Phi) is 6.66. The van der Waals surface area contributed by atoms with Gasteiger partial charge in [0.1, 0.15) is 23.0 Å². The fraction of sp³-hybridized carbons (Fsp3) is 0.108. The summed E-state index contributed by atoms with van der Waals surface area (Å²) in [6.45, 7) is 0.605. The molecule has 2 aliphatic rings. The van der Waals surface area contributed by atoms with Crippen LogP contribution in [0.15, 0.2) is 103 Å². The van der Waals surface area contributed by atoms with E-state index >= 15 is 0 Å². The molecular formula is C37H26ClN3O6. The highest BCUT2D eigenvalue weighted by Gasteiger charge is 2.53. The Balaban J connectivity index is 1.14. The SMILES string of the molecule is O=C(Nc1nc2cc(Cl)ccc2n1CCCc1ccccc1)c1ccc2c(c1)C(=O)OC21c2ccc(O)cc2Oc2cc(O)ccc21. The number of aromatic nitrogens is 2. The third kappa shape index (κ3) is 4.74. The Labute approximate surface area is 273 Å². The monoisotopic (exact) mass is 643 g/mol. The Morgan fingerprint density at radius 3 is 2.28 bits per heavy atom. The number of phenolic OH excluding ortho intramolecular Hbond substituents is 2. The molecule has 1 aromatic heterocycles. The molecule has 6 aromatic rings. The zero-order valence-electron chi connectivity index (χ0n) is 24.7. The van der Waals surface area contributed by atoms with Crippen LogP contribution < -0.4 is 10.1 Å². The molecule has 0 bridgehead atoms. The van der Waals surface area contributed by atoms with Gasteiger partial charge in [-0.3, -0.25) is 10.1 Å². The topological polar surface area (TPSA) is 123 Å². The molecule has 3 heterocycles. The minimum absolute atomic E-state index is 0.0348. The molecule has 2 aliphatic heterocycles. The Morgan fingerprint density at radius 1 is 0.851 bits per heavy atom. The number of halogens is 1. The quantitative estimate of drug-likeness (QED) is 0.160. The fourth-order valence-corrected chi connectivity index (χ4v) is 6.70. The van der Waals surface area contributed by atoms with E-state index in [4.69, 9.17) is 21.1 Å². The second-order valence-corrected chi connectivity index (χ2v) is 12.0. The molecule has 5 aromatic carbocycles. The number of amides is 1. The van der Waals surface area contributed by atoms with Crippen LogP contribution in [0.3, 0.4) is 0 Å². The van der Waals surface area contributed by atoms with Crippen LogP contribution in [-0.2, 0) is 23.3 Å². The first kappa shape index (κ1) is 28.7. The summed E-state index contributed by atoms with van der Waals surface area (Å²) in [7, 11) is 0. The number of nitrogens with zero attached hydrogens (tertiary/aromatic N) is 2. The predicted molar refractivity (Wildman–Crippen MR) is 175 cm³/mol. The number of carbonyl (C=O) groups is 2. The third-order valence-corrected chi connectivity index (χ3v) is 8.90. The van der Waals surface area contributed by atoms with Gasteiger partial charge in [-0.1, -0.05) is 48.0 Å². The molecule has 9 nitrogen and oxygen atoms in total. The normalized spacial score (nSPS) is 13.9. The molecule has 3 N–H and O–H groups in total. The van der Waals surface area contributed by atoms with E-state index in [-0.39, 0.29) is 34.1 Å².